The maximum absolute atomic E-state index is 13.3. The SMILES string of the molecule is C[C@H](Sc1nnc2ccccn12)C(=O)Nc1cc(C(F)(F)F)ccc1N1CCOCC1. The van der Waals surface area contributed by atoms with Crippen molar-refractivity contribution in [2.24, 2.45) is 0 Å². The summed E-state index contributed by atoms with van der Waals surface area (Å²) in [5, 5.41) is 10.7. The lowest BCUT2D eigenvalue weighted by atomic mass is 10.1. The molecule has 4 rings (SSSR count). The molecule has 1 aromatic carbocycles. The third-order valence-electron chi connectivity index (χ3n) is 4.87. The van der Waals surface area contributed by atoms with Crippen molar-refractivity contribution < 1.29 is 22.7 Å². The number of rotatable bonds is 5. The van der Waals surface area contributed by atoms with Crippen molar-refractivity contribution in [2.75, 3.05) is 36.5 Å². The number of halogens is 3. The lowest BCUT2D eigenvalue weighted by Crippen LogP contribution is -2.37. The van der Waals surface area contributed by atoms with E-state index >= 15 is 0 Å². The van der Waals surface area contributed by atoms with Crippen LogP contribution in [0.15, 0.2) is 47.8 Å². The predicted molar refractivity (Wildman–Crippen MR) is 111 cm³/mol. The minimum absolute atomic E-state index is 0.125. The maximum Gasteiger partial charge on any atom is 0.416 e. The number of ether oxygens (including phenoxy) is 1. The van der Waals surface area contributed by atoms with Gasteiger partial charge in [-0.15, -0.1) is 10.2 Å². The molecule has 0 radical (unpaired) electrons. The monoisotopic (exact) mass is 451 g/mol. The van der Waals surface area contributed by atoms with Crippen molar-refractivity contribution in [3.05, 3.63) is 48.2 Å². The van der Waals surface area contributed by atoms with Crippen LogP contribution in [-0.2, 0) is 15.7 Å². The average molecular weight is 451 g/mol. The summed E-state index contributed by atoms with van der Waals surface area (Å²) < 4.78 is 46.9. The second kappa shape index (κ2) is 8.75. The van der Waals surface area contributed by atoms with Crippen LogP contribution in [0.5, 0.6) is 0 Å². The number of nitrogens with one attached hydrogen (secondary N) is 1. The number of aromatic nitrogens is 3. The highest BCUT2D eigenvalue weighted by Crippen LogP contribution is 2.36. The van der Waals surface area contributed by atoms with Gasteiger partial charge in [-0.2, -0.15) is 13.2 Å². The fraction of sp³-hybridized carbons (Fsp3) is 0.350. The molecule has 0 saturated carbocycles. The number of benzene rings is 1. The fourth-order valence-electron chi connectivity index (χ4n) is 3.24. The highest BCUT2D eigenvalue weighted by atomic mass is 32.2. The molecule has 1 aliphatic heterocycles. The van der Waals surface area contributed by atoms with E-state index in [1.54, 1.807) is 23.6 Å². The molecule has 7 nitrogen and oxygen atoms in total. The van der Waals surface area contributed by atoms with E-state index in [2.05, 4.69) is 15.5 Å². The molecule has 1 fully saturated rings. The molecule has 0 unspecified atom stereocenters. The molecule has 164 valence electrons. The minimum Gasteiger partial charge on any atom is -0.378 e. The van der Waals surface area contributed by atoms with Crippen LogP contribution in [0.3, 0.4) is 0 Å². The van der Waals surface area contributed by atoms with Gasteiger partial charge in [0.2, 0.25) is 5.91 Å². The van der Waals surface area contributed by atoms with Gasteiger partial charge in [0, 0.05) is 19.3 Å². The molecule has 0 bridgehead atoms. The fourth-order valence-corrected chi connectivity index (χ4v) is 4.08. The van der Waals surface area contributed by atoms with E-state index in [9.17, 15) is 18.0 Å². The van der Waals surface area contributed by atoms with Crippen LogP contribution in [-0.4, -0.2) is 52.1 Å². The molecule has 2 aromatic heterocycles. The molecule has 31 heavy (non-hydrogen) atoms. The van der Waals surface area contributed by atoms with Crippen LogP contribution in [0.4, 0.5) is 24.5 Å². The number of hydrogen-bond donors (Lipinski definition) is 1. The Labute approximate surface area is 180 Å². The van der Waals surface area contributed by atoms with Gasteiger partial charge in [0.15, 0.2) is 10.8 Å². The smallest absolute Gasteiger partial charge is 0.378 e. The largest absolute Gasteiger partial charge is 0.416 e. The van der Waals surface area contributed by atoms with Crippen molar-refractivity contribution in [3.63, 3.8) is 0 Å². The van der Waals surface area contributed by atoms with Gasteiger partial charge in [-0.25, -0.2) is 0 Å². The number of amides is 1. The number of morpholine rings is 1. The van der Waals surface area contributed by atoms with Crippen molar-refractivity contribution in [1.29, 1.82) is 0 Å². The first kappa shape index (κ1) is 21.4. The summed E-state index contributed by atoms with van der Waals surface area (Å²) >= 11 is 1.18. The van der Waals surface area contributed by atoms with E-state index in [-0.39, 0.29) is 5.69 Å². The van der Waals surface area contributed by atoms with Crippen LogP contribution in [0.1, 0.15) is 12.5 Å². The summed E-state index contributed by atoms with van der Waals surface area (Å²) in [5.41, 5.74) is 0.490. The van der Waals surface area contributed by atoms with Gasteiger partial charge < -0.3 is 15.0 Å². The summed E-state index contributed by atoms with van der Waals surface area (Å²) in [6.45, 7) is 3.68. The Balaban J connectivity index is 1.56. The Morgan fingerprint density at radius 3 is 2.71 bits per heavy atom. The second-order valence-electron chi connectivity index (χ2n) is 6.99. The van der Waals surface area contributed by atoms with E-state index in [0.29, 0.717) is 42.8 Å². The standard InChI is InChI=1S/C20H20F3N5O2S/c1-13(31-19-26-25-17-4-2-3-7-28(17)19)18(29)24-15-12-14(20(21,22)23)5-6-16(15)27-8-10-30-11-9-27/h2-7,12-13H,8-11H2,1H3,(H,24,29)/t13-/m0/s1. The number of pyridine rings is 1. The third kappa shape index (κ3) is 4.77. The van der Waals surface area contributed by atoms with Crippen LogP contribution in [0.2, 0.25) is 0 Å². The van der Waals surface area contributed by atoms with E-state index in [1.165, 1.54) is 17.8 Å². The van der Waals surface area contributed by atoms with Gasteiger partial charge in [-0.1, -0.05) is 17.8 Å². The molecule has 11 heteroatoms. The van der Waals surface area contributed by atoms with Crippen molar-refractivity contribution >= 4 is 34.7 Å². The topological polar surface area (TPSA) is 71.8 Å². The van der Waals surface area contributed by atoms with Crippen molar-refractivity contribution in [2.45, 2.75) is 23.5 Å². The van der Waals surface area contributed by atoms with Gasteiger partial charge in [0.25, 0.3) is 0 Å². The normalized spacial score (nSPS) is 15.8. The second-order valence-corrected chi connectivity index (χ2v) is 8.30. The number of carbonyl (C=O) groups is 1. The number of thioether (sulfide) groups is 1. The van der Waals surface area contributed by atoms with Crippen LogP contribution in [0.25, 0.3) is 5.65 Å². The number of fused-ring (bicyclic) bond motifs is 1. The first-order chi connectivity index (χ1) is 14.8. The van der Waals surface area contributed by atoms with Crippen LogP contribution >= 0.6 is 11.8 Å². The Hall–Kier alpha value is -2.79. The zero-order valence-electron chi connectivity index (χ0n) is 16.6. The zero-order chi connectivity index (χ0) is 22.0. The molecule has 1 N–H and O–H groups in total. The summed E-state index contributed by atoms with van der Waals surface area (Å²) in [6, 6.07) is 8.85. The quantitative estimate of drug-likeness (QED) is 0.597. The highest BCUT2D eigenvalue weighted by Gasteiger charge is 2.32. The highest BCUT2D eigenvalue weighted by molar-refractivity contribution is 8.00. The zero-order valence-corrected chi connectivity index (χ0v) is 17.4. The van der Waals surface area contributed by atoms with E-state index < -0.39 is 22.9 Å². The van der Waals surface area contributed by atoms with Gasteiger partial charge in [-0.3, -0.25) is 9.20 Å². The van der Waals surface area contributed by atoms with Gasteiger partial charge >= 0.3 is 6.18 Å². The van der Waals surface area contributed by atoms with Crippen molar-refractivity contribution in [3.8, 4) is 0 Å². The van der Waals surface area contributed by atoms with Crippen LogP contribution in [0, 0.1) is 0 Å². The van der Waals surface area contributed by atoms with E-state index in [0.717, 1.165) is 12.1 Å². The number of anilines is 2. The summed E-state index contributed by atoms with van der Waals surface area (Å²) in [4.78, 5) is 14.8. The minimum atomic E-state index is -4.51. The lowest BCUT2D eigenvalue weighted by molar-refractivity contribution is -0.137. The lowest BCUT2D eigenvalue weighted by Gasteiger charge is -2.31. The van der Waals surface area contributed by atoms with E-state index in [1.807, 2.05) is 17.0 Å². The predicted octanol–water partition coefficient (Wildman–Crippen LogP) is 3.70. The van der Waals surface area contributed by atoms with Gasteiger partial charge in [0.1, 0.15) is 0 Å². The van der Waals surface area contributed by atoms with Crippen molar-refractivity contribution in [1.82, 2.24) is 14.6 Å². The third-order valence-corrected chi connectivity index (χ3v) is 5.92. The Bertz CT molecular complexity index is 1080. The molecule has 3 heterocycles. The summed E-state index contributed by atoms with van der Waals surface area (Å²) in [5.74, 6) is -0.425. The van der Waals surface area contributed by atoms with Gasteiger partial charge in [-0.05, 0) is 37.3 Å². The van der Waals surface area contributed by atoms with E-state index in [4.69, 9.17) is 4.74 Å². The average Bonchev–Trinajstić information content (AvgIpc) is 3.16. The Morgan fingerprint density at radius 1 is 1.19 bits per heavy atom. The number of hydrogen-bond acceptors (Lipinski definition) is 6. The molecule has 1 aliphatic rings. The summed E-state index contributed by atoms with van der Waals surface area (Å²) in [7, 11) is 0. The summed E-state index contributed by atoms with van der Waals surface area (Å²) in [6.07, 6.45) is -2.73. The Morgan fingerprint density at radius 2 is 1.97 bits per heavy atom. The number of carbonyl (C=O) groups excluding carboxylic acids is 1. The first-order valence-corrected chi connectivity index (χ1v) is 10.5. The molecule has 3 aromatic rings. The molecular weight excluding hydrogens is 431 g/mol. The van der Waals surface area contributed by atoms with Gasteiger partial charge in [0.05, 0.1) is 35.4 Å². The molecule has 1 saturated heterocycles. The number of alkyl halides is 3. The maximum atomic E-state index is 13.3. The van der Waals surface area contributed by atoms with Crippen LogP contribution < -0.4 is 10.2 Å². The molecule has 1 atom stereocenters. The Kier molecular flexibility index (Phi) is 6.05. The molecule has 0 spiro atoms. The molecule has 1 amide bonds. The molecular formula is C20H20F3N5O2S. The molecule has 0 aliphatic carbocycles. The first-order valence-electron chi connectivity index (χ1n) is 9.64. The number of nitrogens with zero attached hydrogens (tertiary/aromatic N) is 4.